The molecule has 1 aliphatic heterocycles. The molecule has 1 fully saturated rings. The van der Waals surface area contributed by atoms with Gasteiger partial charge in [0.1, 0.15) is 17.6 Å². The average molecular weight is 379 g/mol. The maximum absolute atomic E-state index is 12.8. The fourth-order valence-corrected chi connectivity index (χ4v) is 3.37. The van der Waals surface area contributed by atoms with Crippen molar-refractivity contribution in [3.63, 3.8) is 0 Å². The van der Waals surface area contributed by atoms with Gasteiger partial charge in [-0.1, -0.05) is 12.1 Å². The lowest BCUT2D eigenvalue weighted by atomic mass is 10.1. The Bertz CT molecular complexity index is 1010. The largest absolute Gasteiger partial charge is 0.488 e. The lowest BCUT2D eigenvalue weighted by molar-refractivity contribution is 0.0772. The average Bonchev–Trinajstić information content (AvgIpc) is 3.33. The van der Waals surface area contributed by atoms with Gasteiger partial charge in [0.05, 0.1) is 18.9 Å². The molecule has 3 aromatic rings. The summed E-state index contributed by atoms with van der Waals surface area (Å²) in [7, 11) is 0. The number of aromatic nitrogens is 2. The molecule has 0 bridgehead atoms. The first-order valence-electron chi connectivity index (χ1n) is 9.19. The van der Waals surface area contributed by atoms with Crippen LogP contribution in [0.4, 0.5) is 0 Å². The Kier molecular flexibility index (Phi) is 4.97. The Hall–Kier alpha value is -3.35. The number of imidazole rings is 1. The van der Waals surface area contributed by atoms with Gasteiger partial charge in [-0.05, 0) is 24.6 Å². The summed E-state index contributed by atoms with van der Waals surface area (Å²) in [5.74, 6) is 0.977. The van der Waals surface area contributed by atoms with Crippen LogP contribution in [0.15, 0.2) is 64.3 Å². The smallest absolute Gasteiger partial charge is 0.339 e. The number of hydrogen-bond acceptors (Lipinski definition) is 5. The maximum atomic E-state index is 12.8. The Morgan fingerprint density at radius 3 is 2.82 bits per heavy atom. The van der Waals surface area contributed by atoms with Crippen LogP contribution < -0.4 is 10.4 Å². The van der Waals surface area contributed by atoms with Crippen LogP contribution in [0.1, 0.15) is 28.1 Å². The molecule has 28 heavy (non-hydrogen) atoms. The van der Waals surface area contributed by atoms with E-state index in [9.17, 15) is 9.59 Å². The van der Waals surface area contributed by atoms with Gasteiger partial charge in [-0.2, -0.15) is 0 Å². The van der Waals surface area contributed by atoms with Gasteiger partial charge in [-0.15, -0.1) is 0 Å². The van der Waals surface area contributed by atoms with Gasteiger partial charge in [0, 0.05) is 43.5 Å². The van der Waals surface area contributed by atoms with Crippen LogP contribution in [0, 0.1) is 6.92 Å². The van der Waals surface area contributed by atoms with Crippen molar-refractivity contribution in [2.75, 3.05) is 13.1 Å². The number of hydrogen-bond donors (Lipinski definition) is 0. The lowest BCUT2D eigenvalue weighted by Crippen LogP contribution is -2.31. The third-order valence-electron chi connectivity index (χ3n) is 4.73. The molecule has 2 aromatic heterocycles. The summed E-state index contributed by atoms with van der Waals surface area (Å²) >= 11 is 0. The normalized spacial score (nSPS) is 16.3. The molecule has 144 valence electrons. The topological polar surface area (TPSA) is 77.6 Å². The van der Waals surface area contributed by atoms with E-state index < -0.39 is 5.63 Å². The first-order valence-corrected chi connectivity index (χ1v) is 9.19. The minimum absolute atomic E-state index is 0.0102. The molecular weight excluding hydrogens is 358 g/mol. The van der Waals surface area contributed by atoms with E-state index >= 15 is 0 Å². The molecule has 1 aromatic carbocycles. The minimum Gasteiger partial charge on any atom is -0.488 e. The molecule has 0 radical (unpaired) electrons. The van der Waals surface area contributed by atoms with Crippen LogP contribution in [0.3, 0.4) is 0 Å². The van der Waals surface area contributed by atoms with E-state index in [4.69, 9.17) is 9.15 Å². The second-order valence-corrected chi connectivity index (χ2v) is 6.93. The van der Waals surface area contributed by atoms with E-state index in [1.54, 1.807) is 30.4 Å². The van der Waals surface area contributed by atoms with Crippen LogP contribution >= 0.6 is 0 Å². The van der Waals surface area contributed by atoms with Crippen molar-refractivity contribution in [3.05, 3.63) is 82.4 Å². The standard InChI is InChI=1S/C21H21N3O4/c1-15-10-19(11-20(25)27-15)28-18-6-8-24(13-18)21(26)17-4-2-16(3-5-17)12-23-9-7-22-14-23/h2-5,7,9-11,14,18H,6,8,12-13H2,1H3. The second kappa shape index (κ2) is 7.72. The highest BCUT2D eigenvalue weighted by atomic mass is 16.5. The quantitative estimate of drug-likeness (QED) is 0.681. The summed E-state index contributed by atoms with van der Waals surface area (Å²) in [6, 6.07) is 10.6. The molecule has 1 saturated heterocycles. The van der Waals surface area contributed by atoms with Gasteiger partial charge in [0.15, 0.2) is 0 Å². The van der Waals surface area contributed by atoms with E-state index in [2.05, 4.69) is 4.98 Å². The van der Waals surface area contributed by atoms with Crippen LogP contribution in [0.5, 0.6) is 5.75 Å². The van der Waals surface area contributed by atoms with Crippen molar-refractivity contribution >= 4 is 5.91 Å². The Morgan fingerprint density at radius 2 is 2.11 bits per heavy atom. The fourth-order valence-electron chi connectivity index (χ4n) is 3.37. The molecule has 0 saturated carbocycles. The fraction of sp³-hybridized carbons (Fsp3) is 0.286. The van der Waals surface area contributed by atoms with Crippen molar-refractivity contribution in [2.24, 2.45) is 0 Å². The van der Waals surface area contributed by atoms with Gasteiger partial charge in [0.2, 0.25) is 0 Å². The van der Waals surface area contributed by atoms with Crippen LogP contribution in [-0.2, 0) is 6.54 Å². The highest BCUT2D eigenvalue weighted by Gasteiger charge is 2.28. The summed E-state index contributed by atoms with van der Waals surface area (Å²) in [4.78, 5) is 30.0. The number of aryl methyl sites for hydroxylation is 1. The molecular formula is C21H21N3O4. The number of amides is 1. The van der Waals surface area contributed by atoms with Gasteiger partial charge in [-0.25, -0.2) is 9.78 Å². The Labute approximate surface area is 162 Å². The Balaban J connectivity index is 1.37. The van der Waals surface area contributed by atoms with Crippen LogP contribution in [0.2, 0.25) is 0 Å². The van der Waals surface area contributed by atoms with Gasteiger partial charge < -0.3 is 18.6 Å². The van der Waals surface area contributed by atoms with E-state index in [0.29, 0.717) is 30.2 Å². The van der Waals surface area contributed by atoms with Crippen LogP contribution in [0.25, 0.3) is 0 Å². The SMILES string of the molecule is Cc1cc(OC2CCN(C(=O)c3ccc(Cn4ccnc4)cc3)C2)cc(=O)o1. The van der Waals surface area contributed by atoms with Gasteiger partial charge >= 0.3 is 5.63 Å². The molecule has 1 aliphatic rings. The molecule has 3 heterocycles. The number of rotatable bonds is 5. The molecule has 0 aliphatic carbocycles. The third-order valence-corrected chi connectivity index (χ3v) is 4.73. The van der Waals surface area contributed by atoms with Crippen LogP contribution in [-0.4, -0.2) is 39.6 Å². The molecule has 0 spiro atoms. The minimum atomic E-state index is -0.434. The van der Waals surface area contributed by atoms with E-state index in [-0.39, 0.29) is 12.0 Å². The highest BCUT2D eigenvalue weighted by molar-refractivity contribution is 5.94. The number of likely N-dealkylation sites (tertiary alicyclic amines) is 1. The molecule has 0 N–H and O–H groups in total. The number of carbonyl (C=O) groups is 1. The van der Waals surface area contributed by atoms with E-state index in [1.807, 2.05) is 35.0 Å². The summed E-state index contributed by atoms with van der Waals surface area (Å²) in [6.07, 6.45) is 6.01. The van der Waals surface area contributed by atoms with Crippen molar-refractivity contribution in [2.45, 2.75) is 26.0 Å². The molecule has 1 amide bonds. The monoisotopic (exact) mass is 379 g/mol. The summed E-state index contributed by atoms with van der Waals surface area (Å²) in [5, 5.41) is 0. The molecule has 7 nitrogen and oxygen atoms in total. The summed E-state index contributed by atoms with van der Waals surface area (Å²) in [6.45, 7) is 3.55. The molecule has 7 heteroatoms. The molecule has 4 rings (SSSR count). The number of nitrogens with zero attached hydrogens (tertiary/aromatic N) is 3. The zero-order chi connectivity index (χ0) is 19.5. The lowest BCUT2D eigenvalue weighted by Gasteiger charge is -2.17. The Morgan fingerprint density at radius 1 is 1.29 bits per heavy atom. The van der Waals surface area contributed by atoms with Crippen molar-refractivity contribution in [1.29, 1.82) is 0 Å². The zero-order valence-electron chi connectivity index (χ0n) is 15.6. The van der Waals surface area contributed by atoms with Gasteiger partial charge in [-0.3, -0.25) is 4.79 Å². The van der Waals surface area contributed by atoms with Crippen molar-refractivity contribution in [3.8, 4) is 5.75 Å². The summed E-state index contributed by atoms with van der Waals surface area (Å²) < 4.78 is 12.8. The van der Waals surface area contributed by atoms with Gasteiger partial charge in [0.25, 0.3) is 5.91 Å². The molecule has 1 unspecified atom stereocenters. The highest BCUT2D eigenvalue weighted by Crippen LogP contribution is 2.20. The number of carbonyl (C=O) groups excluding carboxylic acids is 1. The predicted molar refractivity (Wildman–Crippen MR) is 102 cm³/mol. The second-order valence-electron chi connectivity index (χ2n) is 6.93. The maximum Gasteiger partial charge on any atom is 0.339 e. The number of benzene rings is 1. The van der Waals surface area contributed by atoms with Crippen molar-refractivity contribution in [1.82, 2.24) is 14.5 Å². The zero-order valence-corrected chi connectivity index (χ0v) is 15.6. The predicted octanol–water partition coefficient (Wildman–Crippen LogP) is 2.49. The number of ether oxygens (including phenoxy) is 1. The first-order chi connectivity index (χ1) is 13.6. The summed E-state index contributed by atoms with van der Waals surface area (Å²) in [5.41, 5.74) is 1.33. The first kappa shape index (κ1) is 18.0. The van der Waals surface area contributed by atoms with E-state index in [0.717, 1.165) is 18.5 Å². The molecule has 1 atom stereocenters. The van der Waals surface area contributed by atoms with E-state index in [1.165, 1.54) is 6.07 Å². The van der Waals surface area contributed by atoms with Crippen molar-refractivity contribution < 1.29 is 13.9 Å². The third kappa shape index (κ3) is 4.14.